The Kier molecular flexibility index (Phi) is 5.75. The number of halogens is 2. The monoisotopic (exact) mass is 391 g/mol. The number of nitrogens with one attached hydrogen (secondary N) is 1. The molecule has 1 amide bonds. The summed E-state index contributed by atoms with van der Waals surface area (Å²) in [7, 11) is 0. The van der Waals surface area contributed by atoms with Crippen LogP contribution in [-0.2, 0) is 19.8 Å². The van der Waals surface area contributed by atoms with Crippen LogP contribution in [0.3, 0.4) is 0 Å². The summed E-state index contributed by atoms with van der Waals surface area (Å²) in [6, 6.07) is 5.67. The van der Waals surface area contributed by atoms with Crippen molar-refractivity contribution in [2.45, 2.75) is 33.7 Å². The molecule has 3 aromatic rings. The van der Waals surface area contributed by atoms with Gasteiger partial charge in [0.15, 0.2) is 6.73 Å². The highest BCUT2D eigenvalue weighted by molar-refractivity contribution is 6.30. The Balaban J connectivity index is 1.55. The number of benzene rings is 1. The molecule has 142 valence electrons. The van der Waals surface area contributed by atoms with Gasteiger partial charge in [0.05, 0.1) is 11.2 Å². The standard InChI is InChI=1S/C18H19ClFN5O2/c1-3-25-12(2)13(10-22-25)9-21-18(26)17-6-7-24(23-17)11-27-14-4-5-16(20)15(19)8-14/h4-8,10H,3,9,11H2,1-2H3,(H,21,26). The summed E-state index contributed by atoms with van der Waals surface area (Å²) in [4.78, 5) is 12.3. The van der Waals surface area contributed by atoms with E-state index in [-0.39, 0.29) is 23.4 Å². The fourth-order valence-corrected chi connectivity index (χ4v) is 2.68. The normalized spacial score (nSPS) is 10.8. The van der Waals surface area contributed by atoms with Crippen LogP contribution in [-0.4, -0.2) is 25.5 Å². The highest BCUT2D eigenvalue weighted by Gasteiger charge is 2.12. The van der Waals surface area contributed by atoms with Crippen LogP contribution in [0.25, 0.3) is 0 Å². The Morgan fingerprint density at radius 2 is 2.19 bits per heavy atom. The SMILES string of the molecule is CCn1ncc(CNC(=O)c2ccn(COc3ccc(F)c(Cl)c3)n2)c1C. The van der Waals surface area contributed by atoms with Crippen molar-refractivity contribution >= 4 is 17.5 Å². The highest BCUT2D eigenvalue weighted by atomic mass is 35.5. The van der Waals surface area contributed by atoms with Crippen LogP contribution in [0.15, 0.2) is 36.7 Å². The molecule has 0 fully saturated rings. The average molecular weight is 392 g/mol. The van der Waals surface area contributed by atoms with Crippen molar-refractivity contribution < 1.29 is 13.9 Å². The second-order valence-corrected chi connectivity index (χ2v) is 6.25. The summed E-state index contributed by atoms with van der Waals surface area (Å²) >= 11 is 5.71. The van der Waals surface area contributed by atoms with Crippen molar-refractivity contribution in [1.82, 2.24) is 24.9 Å². The van der Waals surface area contributed by atoms with E-state index in [1.165, 1.54) is 22.9 Å². The van der Waals surface area contributed by atoms with Gasteiger partial charge in [-0.15, -0.1) is 0 Å². The summed E-state index contributed by atoms with van der Waals surface area (Å²) in [5, 5.41) is 11.2. The van der Waals surface area contributed by atoms with E-state index in [0.29, 0.717) is 12.3 Å². The zero-order valence-electron chi connectivity index (χ0n) is 14.9. The van der Waals surface area contributed by atoms with Crippen molar-refractivity contribution in [2.75, 3.05) is 0 Å². The van der Waals surface area contributed by atoms with Gasteiger partial charge >= 0.3 is 0 Å². The number of amides is 1. The molecule has 2 aromatic heterocycles. The van der Waals surface area contributed by atoms with Crippen LogP contribution >= 0.6 is 11.6 Å². The number of aryl methyl sites for hydroxylation is 1. The molecule has 0 aliphatic carbocycles. The average Bonchev–Trinajstić information content (AvgIpc) is 3.27. The molecule has 7 nitrogen and oxygen atoms in total. The van der Waals surface area contributed by atoms with E-state index >= 15 is 0 Å². The van der Waals surface area contributed by atoms with Crippen LogP contribution in [0.4, 0.5) is 4.39 Å². The molecule has 0 spiro atoms. The molecule has 0 saturated carbocycles. The molecule has 1 N–H and O–H groups in total. The maximum absolute atomic E-state index is 13.1. The predicted octanol–water partition coefficient (Wildman–Crippen LogP) is 3.17. The van der Waals surface area contributed by atoms with Crippen molar-refractivity contribution in [1.29, 1.82) is 0 Å². The van der Waals surface area contributed by atoms with Crippen LogP contribution in [0.1, 0.15) is 28.7 Å². The molecule has 9 heteroatoms. The smallest absolute Gasteiger partial charge is 0.272 e. The lowest BCUT2D eigenvalue weighted by Crippen LogP contribution is -2.24. The molecule has 27 heavy (non-hydrogen) atoms. The third-order valence-electron chi connectivity index (χ3n) is 4.07. The minimum absolute atomic E-state index is 0.0188. The van der Waals surface area contributed by atoms with Crippen molar-refractivity contribution in [3.05, 3.63) is 64.5 Å². The van der Waals surface area contributed by atoms with E-state index in [2.05, 4.69) is 15.5 Å². The number of carbonyl (C=O) groups excluding carboxylic acids is 1. The van der Waals surface area contributed by atoms with E-state index in [1.807, 2.05) is 18.5 Å². The zero-order valence-corrected chi connectivity index (χ0v) is 15.7. The molecule has 0 saturated heterocycles. The van der Waals surface area contributed by atoms with E-state index in [1.54, 1.807) is 18.5 Å². The lowest BCUT2D eigenvalue weighted by molar-refractivity contribution is 0.0944. The lowest BCUT2D eigenvalue weighted by atomic mass is 10.2. The van der Waals surface area contributed by atoms with Gasteiger partial charge < -0.3 is 10.1 Å². The Labute approximate surface area is 160 Å². The first-order valence-corrected chi connectivity index (χ1v) is 8.76. The number of hydrogen-bond donors (Lipinski definition) is 1. The van der Waals surface area contributed by atoms with Gasteiger partial charge in [0, 0.05) is 36.6 Å². The zero-order chi connectivity index (χ0) is 19.4. The minimum Gasteiger partial charge on any atom is -0.471 e. The van der Waals surface area contributed by atoms with Crippen LogP contribution < -0.4 is 10.1 Å². The minimum atomic E-state index is -0.512. The Morgan fingerprint density at radius 3 is 2.89 bits per heavy atom. The van der Waals surface area contributed by atoms with Crippen LogP contribution in [0, 0.1) is 12.7 Å². The third kappa shape index (κ3) is 4.46. The van der Waals surface area contributed by atoms with Gasteiger partial charge in [-0.2, -0.15) is 10.2 Å². The quantitative estimate of drug-likeness (QED) is 0.671. The largest absolute Gasteiger partial charge is 0.471 e. The molecule has 1 aromatic carbocycles. The third-order valence-corrected chi connectivity index (χ3v) is 4.36. The molecular weight excluding hydrogens is 373 g/mol. The summed E-state index contributed by atoms with van der Waals surface area (Å²) < 4.78 is 22.0. The number of carbonyl (C=O) groups is 1. The fraction of sp³-hybridized carbons (Fsp3) is 0.278. The number of rotatable bonds is 7. The summed E-state index contributed by atoms with van der Waals surface area (Å²) in [6.45, 7) is 5.20. The summed E-state index contributed by atoms with van der Waals surface area (Å²) in [5.74, 6) is -0.393. The first-order valence-electron chi connectivity index (χ1n) is 8.38. The van der Waals surface area contributed by atoms with Crippen LogP contribution in [0.2, 0.25) is 5.02 Å². The molecule has 0 bridgehead atoms. The lowest BCUT2D eigenvalue weighted by Gasteiger charge is -2.07. The van der Waals surface area contributed by atoms with E-state index < -0.39 is 5.82 Å². The Morgan fingerprint density at radius 1 is 1.37 bits per heavy atom. The highest BCUT2D eigenvalue weighted by Crippen LogP contribution is 2.21. The van der Waals surface area contributed by atoms with Gasteiger partial charge in [0.2, 0.25) is 0 Å². The van der Waals surface area contributed by atoms with Crippen molar-refractivity contribution in [3.8, 4) is 5.75 Å². The molecular formula is C18H19ClFN5O2. The van der Waals surface area contributed by atoms with Gasteiger partial charge in [-0.1, -0.05) is 11.6 Å². The maximum atomic E-state index is 13.1. The summed E-state index contributed by atoms with van der Waals surface area (Å²) in [6.07, 6.45) is 3.37. The topological polar surface area (TPSA) is 74.0 Å². The second kappa shape index (κ2) is 8.22. The molecule has 3 rings (SSSR count). The van der Waals surface area contributed by atoms with Gasteiger partial charge in [0.25, 0.3) is 5.91 Å². The molecule has 0 aliphatic rings. The van der Waals surface area contributed by atoms with Crippen LogP contribution in [0.5, 0.6) is 5.75 Å². The molecule has 0 unspecified atom stereocenters. The van der Waals surface area contributed by atoms with E-state index in [0.717, 1.165) is 17.8 Å². The van der Waals surface area contributed by atoms with Gasteiger partial charge in [-0.05, 0) is 32.0 Å². The first kappa shape index (κ1) is 18.9. The molecule has 0 atom stereocenters. The molecule has 0 radical (unpaired) electrons. The number of aromatic nitrogens is 4. The van der Waals surface area contributed by atoms with Gasteiger partial charge in [-0.3, -0.25) is 9.48 Å². The number of ether oxygens (including phenoxy) is 1. The maximum Gasteiger partial charge on any atom is 0.272 e. The summed E-state index contributed by atoms with van der Waals surface area (Å²) in [5.41, 5.74) is 2.26. The van der Waals surface area contributed by atoms with Crippen molar-refractivity contribution in [2.24, 2.45) is 0 Å². The van der Waals surface area contributed by atoms with Gasteiger partial charge in [0.1, 0.15) is 17.3 Å². The number of hydrogen-bond acceptors (Lipinski definition) is 4. The van der Waals surface area contributed by atoms with E-state index in [9.17, 15) is 9.18 Å². The predicted molar refractivity (Wildman–Crippen MR) is 98.1 cm³/mol. The molecule has 2 heterocycles. The first-order chi connectivity index (χ1) is 13.0. The Bertz CT molecular complexity index is 953. The van der Waals surface area contributed by atoms with Gasteiger partial charge in [-0.25, -0.2) is 9.07 Å². The fourth-order valence-electron chi connectivity index (χ4n) is 2.51. The Hall–Kier alpha value is -2.87. The van der Waals surface area contributed by atoms with E-state index in [4.69, 9.17) is 16.3 Å². The van der Waals surface area contributed by atoms with Crippen molar-refractivity contribution in [3.63, 3.8) is 0 Å². The molecule has 0 aliphatic heterocycles. The number of nitrogens with zero attached hydrogens (tertiary/aromatic N) is 4. The second-order valence-electron chi connectivity index (χ2n) is 5.84.